The highest BCUT2D eigenvalue weighted by molar-refractivity contribution is 5.72. The van der Waals surface area contributed by atoms with Gasteiger partial charge in [-0.25, -0.2) is 0 Å². The van der Waals surface area contributed by atoms with Crippen LogP contribution in [0.3, 0.4) is 0 Å². The number of hydrogen-bond acceptors (Lipinski definition) is 2. The zero-order valence-electron chi connectivity index (χ0n) is 9.69. The van der Waals surface area contributed by atoms with E-state index in [9.17, 15) is 4.79 Å². The number of carbonyl (C=O) groups is 1. The maximum absolute atomic E-state index is 11.7. The summed E-state index contributed by atoms with van der Waals surface area (Å²) in [6.45, 7) is 2.61. The molecule has 1 aliphatic carbocycles. The van der Waals surface area contributed by atoms with Crippen molar-refractivity contribution in [1.82, 2.24) is 0 Å². The van der Waals surface area contributed by atoms with E-state index in [1.807, 2.05) is 30.3 Å². The molecule has 1 fully saturated rings. The Morgan fingerprint density at radius 3 is 2.69 bits per heavy atom. The first-order valence-electron chi connectivity index (χ1n) is 5.96. The second kappa shape index (κ2) is 5.15. The van der Waals surface area contributed by atoms with Crippen LogP contribution in [-0.4, -0.2) is 5.97 Å². The summed E-state index contributed by atoms with van der Waals surface area (Å²) in [6.07, 6.45) is 3.15. The molecule has 2 atom stereocenters. The lowest BCUT2D eigenvalue weighted by atomic mass is 10.1. The van der Waals surface area contributed by atoms with Crippen LogP contribution in [-0.2, 0) is 16.1 Å². The molecule has 0 amide bonds. The third kappa shape index (κ3) is 2.84. The standard InChI is InChI=1S/C14H18O2/c1-11-7-8-13(9-11)14(15)16-10-12-5-3-2-4-6-12/h2-6,11,13H,7-10H2,1H3/t11-,13+/m1/s1. The Balaban J connectivity index is 1.80. The summed E-state index contributed by atoms with van der Waals surface area (Å²) in [6, 6.07) is 9.83. The van der Waals surface area contributed by atoms with E-state index < -0.39 is 0 Å². The highest BCUT2D eigenvalue weighted by Gasteiger charge is 2.28. The molecule has 0 radical (unpaired) electrons. The van der Waals surface area contributed by atoms with Crippen molar-refractivity contribution in [3.63, 3.8) is 0 Å². The maximum atomic E-state index is 11.7. The van der Waals surface area contributed by atoms with Crippen LogP contribution in [0.4, 0.5) is 0 Å². The molecule has 2 rings (SSSR count). The van der Waals surface area contributed by atoms with Gasteiger partial charge >= 0.3 is 5.97 Å². The number of carbonyl (C=O) groups excluding carboxylic acids is 1. The highest BCUT2D eigenvalue weighted by Crippen LogP contribution is 2.31. The lowest BCUT2D eigenvalue weighted by Crippen LogP contribution is -2.14. The zero-order chi connectivity index (χ0) is 11.4. The predicted molar refractivity (Wildman–Crippen MR) is 62.7 cm³/mol. The van der Waals surface area contributed by atoms with Gasteiger partial charge in [-0.1, -0.05) is 37.3 Å². The molecule has 1 aromatic carbocycles. The van der Waals surface area contributed by atoms with Gasteiger partial charge in [-0.15, -0.1) is 0 Å². The molecule has 86 valence electrons. The summed E-state index contributed by atoms with van der Waals surface area (Å²) < 4.78 is 5.32. The van der Waals surface area contributed by atoms with E-state index >= 15 is 0 Å². The molecule has 0 spiro atoms. The zero-order valence-corrected chi connectivity index (χ0v) is 9.69. The van der Waals surface area contributed by atoms with Crippen LogP contribution in [0.5, 0.6) is 0 Å². The molecular weight excluding hydrogens is 200 g/mol. The average molecular weight is 218 g/mol. The molecule has 0 heterocycles. The predicted octanol–water partition coefficient (Wildman–Crippen LogP) is 3.17. The lowest BCUT2D eigenvalue weighted by molar-refractivity contribution is -0.149. The monoisotopic (exact) mass is 218 g/mol. The Labute approximate surface area is 96.6 Å². The van der Waals surface area contributed by atoms with Crippen molar-refractivity contribution in [2.75, 3.05) is 0 Å². The van der Waals surface area contributed by atoms with Gasteiger partial charge in [0.25, 0.3) is 0 Å². The summed E-state index contributed by atoms with van der Waals surface area (Å²) in [5, 5.41) is 0. The van der Waals surface area contributed by atoms with Crippen molar-refractivity contribution in [3.8, 4) is 0 Å². The van der Waals surface area contributed by atoms with Crippen molar-refractivity contribution in [3.05, 3.63) is 35.9 Å². The maximum Gasteiger partial charge on any atom is 0.309 e. The van der Waals surface area contributed by atoms with Crippen LogP contribution in [0.2, 0.25) is 0 Å². The molecule has 2 nitrogen and oxygen atoms in total. The van der Waals surface area contributed by atoms with Gasteiger partial charge < -0.3 is 4.74 Å². The fourth-order valence-electron chi connectivity index (χ4n) is 2.27. The molecule has 1 aromatic rings. The van der Waals surface area contributed by atoms with E-state index in [1.54, 1.807) is 0 Å². The molecule has 0 unspecified atom stereocenters. The van der Waals surface area contributed by atoms with E-state index in [0.29, 0.717) is 12.5 Å². The Kier molecular flexibility index (Phi) is 3.60. The first kappa shape index (κ1) is 11.2. The van der Waals surface area contributed by atoms with Crippen LogP contribution in [0.1, 0.15) is 31.7 Å². The van der Waals surface area contributed by atoms with Gasteiger partial charge in [0.1, 0.15) is 6.61 Å². The van der Waals surface area contributed by atoms with E-state index in [0.717, 1.165) is 24.8 Å². The molecule has 0 N–H and O–H groups in total. The van der Waals surface area contributed by atoms with E-state index in [1.165, 1.54) is 0 Å². The molecule has 1 aliphatic rings. The van der Waals surface area contributed by atoms with Crippen molar-refractivity contribution in [2.45, 2.75) is 32.8 Å². The number of esters is 1. The molecular formula is C14H18O2. The summed E-state index contributed by atoms with van der Waals surface area (Å²) >= 11 is 0. The van der Waals surface area contributed by atoms with Crippen molar-refractivity contribution < 1.29 is 9.53 Å². The second-order valence-electron chi connectivity index (χ2n) is 4.71. The van der Waals surface area contributed by atoms with Gasteiger partial charge in [0, 0.05) is 0 Å². The normalized spacial score (nSPS) is 24.3. The number of rotatable bonds is 3. The Morgan fingerprint density at radius 1 is 1.31 bits per heavy atom. The Hall–Kier alpha value is -1.31. The van der Waals surface area contributed by atoms with Gasteiger partial charge in [-0.2, -0.15) is 0 Å². The fraction of sp³-hybridized carbons (Fsp3) is 0.500. The van der Waals surface area contributed by atoms with E-state index in [4.69, 9.17) is 4.74 Å². The minimum absolute atomic E-state index is 0.0202. The van der Waals surface area contributed by atoms with Crippen molar-refractivity contribution in [1.29, 1.82) is 0 Å². The molecule has 2 heteroatoms. The molecule has 0 bridgehead atoms. The lowest BCUT2D eigenvalue weighted by Gasteiger charge is -2.09. The minimum atomic E-state index is -0.0202. The number of hydrogen-bond donors (Lipinski definition) is 0. The fourth-order valence-corrected chi connectivity index (χ4v) is 2.27. The van der Waals surface area contributed by atoms with Crippen LogP contribution in [0.25, 0.3) is 0 Å². The van der Waals surface area contributed by atoms with Crippen LogP contribution < -0.4 is 0 Å². The van der Waals surface area contributed by atoms with Gasteiger partial charge in [0.05, 0.1) is 5.92 Å². The minimum Gasteiger partial charge on any atom is -0.461 e. The van der Waals surface area contributed by atoms with Crippen LogP contribution in [0.15, 0.2) is 30.3 Å². The smallest absolute Gasteiger partial charge is 0.309 e. The summed E-state index contributed by atoms with van der Waals surface area (Å²) in [5.41, 5.74) is 1.06. The highest BCUT2D eigenvalue weighted by atomic mass is 16.5. The van der Waals surface area contributed by atoms with Gasteiger partial charge in [0.15, 0.2) is 0 Å². The van der Waals surface area contributed by atoms with E-state index in [2.05, 4.69) is 6.92 Å². The number of benzene rings is 1. The topological polar surface area (TPSA) is 26.3 Å². The molecule has 1 saturated carbocycles. The van der Waals surface area contributed by atoms with Crippen molar-refractivity contribution in [2.24, 2.45) is 11.8 Å². The summed E-state index contributed by atoms with van der Waals surface area (Å²) in [4.78, 5) is 11.7. The molecule has 0 aromatic heterocycles. The quantitative estimate of drug-likeness (QED) is 0.728. The second-order valence-corrected chi connectivity index (χ2v) is 4.71. The molecule has 0 aliphatic heterocycles. The third-order valence-electron chi connectivity index (χ3n) is 3.25. The first-order chi connectivity index (χ1) is 7.75. The SMILES string of the molecule is C[C@@H]1CC[C@H](C(=O)OCc2ccccc2)C1. The Bertz CT molecular complexity index is 345. The third-order valence-corrected chi connectivity index (χ3v) is 3.25. The molecule has 0 saturated heterocycles. The number of ether oxygens (including phenoxy) is 1. The van der Waals surface area contributed by atoms with E-state index in [-0.39, 0.29) is 11.9 Å². The van der Waals surface area contributed by atoms with Gasteiger partial charge in [-0.05, 0) is 30.7 Å². The van der Waals surface area contributed by atoms with Crippen LogP contribution >= 0.6 is 0 Å². The first-order valence-corrected chi connectivity index (χ1v) is 5.96. The summed E-state index contributed by atoms with van der Waals surface area (Å²) in [7, 11) is 0. The largest absolute Gasteiger partial charge is 0.461 e. The van der Waals surface area contributed by atoms with Gasteiger partial charge in [-0.3, -0.25) is 4.79 Å². The Morgan fingerprint density at radius 2 is 2.06 bits per heavy atom. The summed E-state index contributed by atoms with van der Waals surface area (Å²) in [5.74, 6) is 0.793. The van der Waals surface area contributed by atoms with Gasteiger partial charge in [0.2, 0.25) is 0 Å². The van der Waals surface area contributed by atoms with Crippen LogP contribution in [0, 0.1) is 11.8 Å². The molecule has 16 heavy (non-hydrogen) atoms. The van der Waals surface area contributed by atoms with Crippen molar-refractivity contribution >= 4 is 5.97 Å². The average Bonchev–Trinajstić information content (AvgIpc) is 2.74.